The molecule has 0 radical (unpaired) electrons. The predicted octanol–water partition coefficient (Wildman–Crippen LogP) is 5.14. The minimum atomic E-state index is -0.254. The number of anilines is 1. The SMILES string of the molecule is COc1cc2c(cc1NC(=O)N(C)CCOc1ccccc1)oc1ccccc12. The Labute approximate surface area is 168 Å². The lowest BCUT2D eigenvalue weighted by Crippen LogP contribution is -2.34. The van der Waals surface area contributed by atoms with Gasteiger partial charge >= 0.3 is 6.03 Å². The zero-order valence-electron chi connectivity index (χ0n) is 16.3. The molecule has 0 aliphatic carbocycles. The molecule has 0 saturated carbocycles. The Kier molecular flexibility index (Phi) is 5.24. The van der Waals surface area contributed by atoms with Crippen LogP contribution >= 0.6 is 0 Å². The van der Waals surface area contributed by atoms with Crippen LogP contribution in [0.1, 0.15) is 0 Å². The molecule has 0 bridgehead atoms. The number of para-hydroxylation sites is 2. The van der Waals surface area contributed by atoms with Crippen molar-refractivity contribution in [1.29, 1.82) is 0 Å². The number of urea groups is 1. The van der Waals surface area contributed by atoms with Gasteiger partial charge in [-0.2, -0.15) is 0 Å². The average molecular weight is 390 g/mol. The second-order valence-corrected chi connectivity index (χ2v) is 6.66. The summed E-state index contributed by atoms with van der Waals surface area (Å²) < 4.78 is 17.1. The first-order valence-electron chi connectivity index (χ1n) is 9.35. The van der Waals surface area contributed by atoms with Crippen molar-refractivity contribution in [3.8, 4) is 11.5 Å². The first kappa shape index (κ1) is 18.7. The Morgan fingerprint density at radius 3 is 2.55 bits per heavy atom. The molecule has 0 fully saturated rings. The summed E-state index contributed by atoms with van der Waals surface area (Å²) in [6.45, 7) is 0.837. The Hall–Kier alpha value is -3.67. The van der Waals surface area contributed by atoms with E-state index >= 15 is 0 Å². The van der Waals surface area contributed by atoms with Crippen molar-refractivity contribution in [2.75, 3.05) is 32.6 Å². The molecule has 0 aliphatic rings. The number of amides is 2. The molecule has 1 heterocycles. The van der Waals surface area contributed by atoms with Crippen LogP contribution in [0.5, 0.6) is 11.5 Å². The molecule has 0 unspecified atom stereocenters. The minimum Gasteiger partial charge on any atom is -0.495 e. The molecular formula is C23H22N2O4. The van der Waals surface area contributed by atoms with Crippen LogP contribution in [-0.2, 0) is 0 Å². The highest BCUT2D eigenvalue weighted by molar-refractivity contribution is 6.07. The van der Waals surface area contributed by atoms with Crippen molar-refractivity contribution < 1.29 is 18.7 Å². The molecule has 1 aromatic heterocycles. The number of fused-ring (bicyclic) bond motifs is 3. The second-order valence-electron chi connectivity index (χ2n) is 6.66. The average Bonchev–Trinajstić information content (AvgIpc) is 3.11. The topological polar surface area (TPSA) is 63.9 Å². The van der Waals surface area contributed by atoms with E-state index in [0.717, 1.165) is 22.1 Å². The molecule has 0 saturated heterocycles. The van der Waals surface area contributed by atoms with Crippen LogP contribution in [0.2, 0.25) is 0 Å². The standard InChI is InChI=1S/C23H22N2O4/c1-25(12-13-28-16-8-4-3-5-9-16)23(26)24-19-15-21-18(14-22(19)27-2)17-10-6-7-11-20(17)29-21/h3-11,14-15H,12-13H2,1-2H3,(H,24,26). The van der Waals surface area contributed by atoms with Crippen LogP contribution in [0.4, 0.5) is 10.5 Å². The fourth-order valence-electron chi connectivity index (χ4n) is 3.15. The second kappa shape index (κ2) is 8.14. The molecule has 0 aliphatic heterocycles. The highest BCUT2D eigenvalue weighted by Crippen LogP contribution is 2.36. The number of hydrogen-bond donors (Lipinski definition) is 1. The van der Waals surface area contributed by atoms with Gasteiger partial charge < -0.3 is 24.1 Å². The number of nitrogens with zero attached hydrogens (tertiary/aromatic N) is 1. The summed E-state index contributed by atoms with van der Waals surface area (Å²) in [5.74, 6) is 1.35. The van der Waals surface area contributed by atoms with Gasteiger partial charge in [0.05, 0.1) is 19.3 Å². The van der Waals surface area contributed by atoms with Crippen molar-refractivity contribution in [3.05, 3.63) is 66.7 Å². The minimum absolute atomic E-state index is 0.254. The number of carbonyl (C=O) groups excluding carboxylic acids is 1. The number of furan rings is 1. The highest BCUT2D eigenvalue weighted by Gasteiger charge is 2.16. The summed E-state index contributed by atoms with van der Waals surface area (Å²) in [6, 6.07) is 20.7. The number of ether oxygens (including phenoxy) is 2. The third-order valence-electron chi connectivity index (χ3n) is 4.73. The van der Waals surface area contributed by atoms with Crippen LogP contribution < -0.4 is 14.8 Å². The van der Waals surface area contributed by atoms with Gasteiger partial charge in [-0.15, -0.1) is 0 Å². The first-order chi connectivity index (χ1) is 14.2. The third kappa shape index (κ3) is 3.96. The zero-order chi connectivity index (χ0) is 20.2. The van der Waals surface area contributed by atoms with E-state index in [9.17, 15) is 4.79 Å². The number of carbonyl (C=O) groups is 1. The van der Waals surface area contributed by atoms with Crippen LogP contribution in [0.3, 0.4) is 0 Å². The van der Waals surface area contributed by atoms with E-state index in [-0.39, 0.29) is 6.03 Å². The smallest absolute Gasteiger partial charge is 0.321 e. The van der Waals surface area contributed by atoms with Crippen molar-refractivity contribution in [2.24, 2.45) is 0 Å². The monoisotopic (exact) mass is 390 g/mol. The number of methoxy groups -OCH3 is 1. The Morgan fingerprint density at radius 1 is 1.00 bits per heavy atom. The lowest BCUT2D eigenvalue weighted by Gasteiger charge is -2.19. The van der Waals surface area contributed by atoms with Gasteiger partial charge in [0.25, 0.3) is 0 Å². The van der Waals surface area contributed by atoms with Gasteiger partial charge in [-0.3, -0.25) is 0 Å². The van der Waals surface area contributed by atoms with Crippen molar-refractivity contribution >= 4 is 33.7 Å². The van der Waals surface area contributed by atoms with E-state index < -0.39 is 0 Å². The fraction of sp³-hybridized carbons (Fsp3) is 0.174. The van der Waals surface area contributed by atoms with Gasteiger partial charge in [0.15, 0.2) is 0 Å². The quantitative estimate of drug-likeness (QED) is 0.495. The maximum atomic E-state index is 12.6. The molecule has 0 spiro atoms. The summed E-state index contributed by atoms with van der Waals surface area (Å²) >= 11 is 0. The third-order valence-corrected chi connectivity index (χ3v) is 4.73. The van der Waals surface area contributed by atoms with Crippen molar-refractivity contribution in [2.45, 2.75) is 0 Å². The summed E-state index contributed by atoms with van der Waals surface area (Å²) in [4.78, 5) is 14.2. The van der Waals surface area contributed by atoms with E-state index in [1.165, 1.54) is 0 Å². The normalized spacial score (nSPS) is 10.8. The summed E-state index contributed by atoms with van der Waals surface area (Å²) in [7, 11) is 3.30. The Balaban J connectivity index is 1.47. The van der Waals surface area contributed by atoms with Crippen LogP contribution in [0.15, 0.2) is 71.1 Å². The van der Waals surface area contributed by atoms with Gasteiger partial charge in [0, 0.05) is 23.9 Å². The highest BCUT2D eigenvalue weighted by atomic mass is 16.5. The maximum absolute atomic E-state index is 12.6. The molecule has 4 rings (SSSR count). The number of benzene rings is 3. The van der Waals surface area contributed by atoms with Gasteiger partial charge in [-0.25, -0.2) is 4.79 Å². The van der Waals surface area contributed by atoms with Crippen LogP contribution in [-0.4, -0.2) is 38.2 Å². The van der Waals surface area contributed by atoms with Gasteiger partial charge in [0.1, 0.15) is 29.3 Å². The molecule has 148 valence electrons. The van der Waals surface area contributed by atoms with Gasteiger partial charge in [-0.1, -0.05) is 36.4 Å². The molecule has 0 atom stereocenters. The van der Waals surface area contributed by atoms with E-state index in [2.05, 4.69) is 5.32 Å². The molecule has 6 heteroatoms. The summed E-state index contributed by atoms with van der Waals surface area (Å²) in [6.07, 6.45) is 0. The molecule has 1 N–H and O–H groups in total. The van der Waals surface area contributed by atoms with E-state index in [4.69, 9.17) is 13.9 Å². The summed E-state index contributed by atoms with van der Waals surface area (Å²) in [5, 5.41) is 4.85. The van der Waals surface area contributed by atoms with E-state index in [1.54, 1.807) is 25.1 Å². The zero-order valence-corrected chi connectivity index (χ0v) is 16.3. The summed E-state index contributed by atoms with van der Waals surface area (Å²) in [5.41, 5.74) is 2.04. The number of rotatable bonds is 6. The van der Waals surface area contributed by atoms with Crippen LogP contribution in [0.25, 0.3) is 21.9 Å². The fourth-order valence-corrected chi connectivity index (χ4v) is 3.15. The number of nitrogens with one attached hydrogen (secondary N) is 1. The first-order valence-corrected chi connectivity index (χ1v) is 9.35. The number of likely N-dealkylation sites (N-methyl/N-ethyl adjacent to an activating group) is 1. The van der Waals surface area contributed by atoms with Crippen molar-refractivity contribution in [3.63, 3.8) is 0 Å². The largest absolute Gasteiger partial charge is 0.495 e. The maximum Gasteiger partial charge on any atom is 0.321 e. The van der Waals surface area contributed by atoms with E-state index in [0.29, 0.717) is 30.2 Å². The molecule has 4 aromatic rings. The Morgan fingerprint density at radius 2 is 1.76 bits per heavy atom. The number of hydrogen-bond acceptors (Lipinski definition) is 4. The van der Waals surface area contributed by atoms with Gasteiger partial charge in [0.2, 0.25) is 0 Å². The van der Waals surface area contributed by atoms with E-state index in [1.807, 2.05) is 60.7 Å². The molecule has 6 nitrogen and oxygen atoms in total. The lowest BCUT2D eigenvalue weighted by molar-refractivity contribution is 0.207. The Bertz CT molecular complexity index is 1140. The van der Waals surface area contributed by atoms with Gasteiger partial charge in [-0.05, 0) is 24.3 Å². The van der Waals surface area contributed by atoms with Crippen molar-refractivity contribution in [1.82, 2.24) is 4.90 Å². The van der Waals surface area contributed by atoms with Crippen LogP contribution in [0, 0.1) is 0 Å². The molecular weight excluding hydrogens is 368 g/mol. The predicted molar refractivity (Wildman–Crippen MR) is 114 cm³/mol. The molecule has 3 aromatic carbocycles. The molecule has 29 heavy (non-hydrogen) atoms. The molecule has 2 amide bonds. The lowest BCUT2D eigenvalue weighted by atomic mass is 10.1.